The summed E-state index contributed by atoms with van der Waals surface area (Å²) in [6.45, 7) is 1.58. The van der Waals surface area contributed by atoms with Gasteiger partial charge >= 0.3 is 6.18 Å². The van der Waals surface area contributed by atoms with E-state index >= 15 is 0 Å². The molecule has 0 radical (unpaired) electrons. The van der Waals surface area contributed by atoms with Crippen LogP contribution in [0.3, 0.4) is 0 Å². The Kier molecular flexibility index (Phi) is 5.28. The highest BCUT2D eigenvalue weighted by atomic mass is 32.2. The summed E-state index contributed by atoms with van der Waals surface area (Å²) in [7, 11) is -3.95. The molecule has 1 unspecified atom stereocenters. The summed E-state index contributed by atoms with van der Waals surface area (Å²) in [5.41, 5.74) is 5.64. The molecule has 0 saturated carbocycles. The highest BCUT2D eigenvalue weighted by molar-refractivity contribution is 7.91. The number of anilines is 1. The molecule has 180 valence electrons. The van der Waals surface area contributed by atoms with Crippen LogP contribution in [-0.2, 0) is 22.4 Å². The van der Waals surface area contributed by atoms with Crippen LogP contribution in [0.5, 0.6) is 0 Å². The second-order valence-corrected chi connectivity index (χ2v) is 10.7. The topological polar surface area (TPSA) is 82.2 Å². The second-order valence-electron chi connectivity index (χ2n) is 8.77. The Bertz CT molecular complexity index is 1650. The molecule has 0 spiro atoms. The Labute approximate surface area is 199 Å². The molecule has 1 aliphatic rings. The van der Waals surface area contributed by atoms with Crippen molar-refractivity contribution in [2.45, 2.75) is 30.6 Å². The van der Waals surface area contributed by atoms with Gasteiger partial charge in [0.05, 0.1) is 11.3 Å². The lowest BCUT2D eigenvalue weighted by molar-refractivity contribution is -0.137. The maximum atomic E-state index is 13.5. The van der Waals surface area contributed by atoms with Gasteiger partial charge in [-0.15, -0.1) is 0 Å². The zero-order chi connectivity index (χ0) is 25.1. The molecule has 1 aromatic heterocycles. The average molecular weight is 499 g/mol. The first-order valence-electron chi connectivity index (χ1n) is 10.9. The maximum absolute atomic E-state index is 13.5. The molecule has 2 heterocycles. The molecule has 0 bridgehead atoms. The minimum absolute atomic E-state index is 0.0446. The van der Waals surface area contributed by atoms with Crippen LogP contribution in [0, 0.1) is 0 Å². The van der Waals surface area contributed by atoms with Crippen molar-refractivity contribution in [2.24, 2.45) is 0 Å². The van der Waals surface area contributed by atoms with Gasteiger partial charge in [0, 0.05) is 18.0 Å². The van der Waals surface area contributed by atoms with E-state index in [-0.39, 0.29) is 39.6 Å². The van der Waals surface area contributed by atoms with Crippen molar-refractivity contribution >= 4 is 26.3 Å². The predicted octanol–water partition coefficient (Wildman–Crippen LogP) is 5.21. The normalized spacial score (nSPS) is 17.0. The van der Waals surface area contributed by atoms with Crippen LogP contribution < -0.4 is 11.3 Å². The number of benzene rings is 3. The molecule has 0 fully saturated rings. The average Bonchev–Trinajstić information content (AvgIpc) is 3.05. The van der Waals surface area contributed by atoms with Crippen molar-refractivity contribution < 1.29 is 21.6 Å². The fraction of sp³-hybridized carbons (Fsp3) is 0.192. The van der Waals surface area contributed by atoms with Crippen molar-refractivity contribution in [1.29, 1.82) is 0 Å². The molecule has 5 rings (SSSR count). The number of hydrogen-bond donors (Lipinski definition) is 1. The zero-order valence-corrected chi connectivity index (χ0v) is 19.5. The Morgan fingerprint density at radius 1 is 1.03 bits per heavy atom. The third kappa shape index (κ3) is 3.80. The standard InChI is InChI=1S/C26H21F3N2O3S/c1-15-14-35(33,34)25-22(18-9-5-10-19(12-18)26(27,28)29)21(23(30)24(32)31(15)25)13-17-8-4-7-16-6-2-3-11-20(16)17/h2-12,15H,13-14,30H2,1H3. The largest absolute Gasteiger partial charge is 0.416 e. The van der Waals surface area contributed by atoms with Crippen molar-refractivity contribution in [2.75, 3.05) is 11.5 Å². The van der Waals surface area contributed by atoms with Gasteiger partial charge in [-0.1, -0.05) is 54.6 Å². The molecular weight excluding hydrogens is 477 g/mol. The summed E-state index contributed by atoms with van der Waals surface area (Å²) < 4.78 is 68.1. The third-order valence-electron chi connectivity index (χ3n) is 6.43. The minimum Gasteiger partial charge on any atom is -0.394 e. The molecule has 35 heavy (non-hydrogen) atoms. The van der Waals surface area contributed by atoms with Gasteiger partial charge in [-0.3, -0.25) is 9.36 Å². The van der Waals surface area contributed by atoms with Gasteiger partial charge in [0.2, 0.25) is 0 Å². The first-order chi connectivity index (χ1) is 16.5. The fourth-order valence-corrected chi connectivity index (χ4v) is 6.94. The number of alkyl halides is 3. The van der Waals surface area contributed by atoms with Gasteiger partial charge in [-0.2, -0.15) is 13.2 Å². The number of fused-ring (bicyclic) bond motifs is 2. The van der Waals surface area contributed by atoms with Gasteiger partial charge in [0.25, 0.3) is 5.56 Å². The zero-order valence-electron chi connectivity index (χ0n) is 18.6. The minimum atomic E-state index is -4.63. The Hall–Kier alpha value is -3.59. The van der Waals surface area contributed by atoms with Crippen LogP contribution in [0.1, 0.15) is 29.7 Å². The van der Waals surface area contributed by atoms with Gasteiger partial charge in [0.15, 0.2) is 9.84 Å². The predicted molar refractivity (Wildman–Crippen MR) is 129 cm³/mol. The number of pyridine rings is 1. The van der Waals surface area contributed by atoms with E-state index in [0.717, 1.165) is 33.0 Å². The number of aromatic nitrogens is 1. The molecule has 0 saturated heterocycles. The monoisotopic (exact) mass is 498 g/mol. The van der Waals surface area contributed by atoms with E-state index in [0.29, 0.717) is 0 Å². The fourth-order valence-electron chi connectivity index (χ4n) is 4.88. The summed E-state index contributed by atoms with van der Waals surface area (Å²) in [4.78, 5) is 13.2. The van der Waals surface area contributed by atoms with Gasteiger partial charge in [-0.25, -0.2) is 8.42 Å². The number of sulfone groups is 1. The summed E-state index contributed by atoms with van der Waals surface area (Å²) >= 11 is 0. The highest BCUT2D eigenvalue weighted by Gasteiger charge is 2.39. The van der Waals surface area contributed by atoms with Crippen LogP contribution in [0.25, 0.3) is 21.9 Å². The number of nitrogens with zero attached hydrogens (tertiary/aromatic N) is 1. The van der Waals surface area contributed by atoms with Crippen molar-refractivity contribution in [3.63, 3.8) is 0 Å². The molecule has 9 heteroatoms. The van der Waals surface area contributed by atoms with Crippen LogP contribution in [-0.4, -0.2) is 18.7 Å². The van der Waals surface area contributed by atoms with E-state index in [9.17, 15) is 26.4 Å². The molecule has 4 aromatic rings. The number of nitrogens with two attached hydrogens (primary N) is 1. The molecular formula is C26H21F3N2O3S. The number of hydrogen-bond acceptors (Lipinski definition) is 4. The summed E-state index contributed by atoms with van der Waals surface area (Å²) in [5.74, 6) is -0.328. The van der Waals surface area contributed by atoms with E-state index in [4.69, 9.17) is 5.73 Å². The Morgan fingerprint density at radius 2 is 1.71 bits per heavy atom. The first kappa shape index (κ1) is 23.2. The smallest absolute Gasteiger partial charge is 0.394 e. The maximum Gasteiger partial charge on any atom is 0.416 e. The lowest BCUT2D eigenvalue weighted by Crippen LogP contribution is -2.27. The second kappa shape index (κ2) is 7.98. The first-order valence-corrected chi connectivity index (χ1v) is 12.6. The molecule has 1 atom stereocenters. The Morgan fingerprint density at radius 3 is 2.46 bits per heavy atom. The van der Waals surface area contributed by atoms with Gasteiger partial charge < -0.3 is 5.73 Å². The third-order valence-corrected chi connectivity index (χ3v) is 8.34. The van der Waals surface area contributed by atoms with Crippen molar-refractivity contribution in [3.8, 4) is 11.1 Å². The summed E-state index contributed by atoms with van der Waals surface area (Å²) in [6.07, 6.45) is -4.55. The van der Waals surface area contributed by atoms with Crippen LogP contribution in [0.15, 0.2) is 76.6 Å². The summed E-state index contributed by atoms with van der Waals surface area (Å²) in [6, 6.07) is 16.9. The number of nitrogen functional groups attached to an aromatic ring is 1. The van der Waals surface area contributed by atoms with Crippen molar-refractivity contribution in [1.82, 2.24) is 4.57 Å². The van der Waals surface area contributed by atoms with Gasteiger partial charge in [0.1, 0.15) is 10.7 Å². The molecule has 5 nitrogen and oxygen atoms in total. The molecule has 3 aromatic carbocycles. The van der Waals surface area contributed by atoms with E-state index in [2.05, 4.69) is 0 Å². The highest BCUT2D eigenvalue weighted by Crippen LogP contribution is 2.41. The van der Waals surface area contributed by atoms with Crippen molar-refractivity contribution in [3.05, 3.63) is 93.8 Å². The van der Waals surface area contributed by atoms with Crippen LogP contribution >= 0.6 is 0 Å². The molecule has 1 aliphatic heterocycles. The molecule has 2 N–H and O–H groups in total. The lowest BCUT2D eigenvalue weighted by Gasteiger charge is -2.20. The van der Waals surface area contributed by atoms with Crippen LogP contribution in [0.2, 0.25) is 0 Å². The SMILES string of the molecule is CC1CS(=O)(=O)c2c(-c3cccc(C(F)(F)F)c3)c(Cc3cccc4ccccc34)c(N)c(=O)n21. The van der Waals surface area contributed by atoms with Gasteiger partial charge in [-0.05, 0) is 46.5 Å². The number of rotatable bonds is 3. The number of halogens is 3. The van der Waals surface area contributed by atoms with E-state index in [1.165, 1.54) is 12.1 Å². The van der Waals surface area contributed by atoms with Crippen LogP contribution in [0.4, 0.5) is 18.9 Å². The van der Waals surface area contributed by atoms with E-state index in [1.54, 1.807) is 6.92 Å². The summed E-state index contributed by atoms with van der Waals surface area (Å²) in [5, 5.41) is 1.53. The van der Waals surface area contributed by atoms with E-state index in [1.807, 2.05) is 42.5 Å². The quantitative estimate of drug-likeness (QED) is 0.421. The molecule has 0 aliphatic carbocycles. The molecule has 0 amide bonds. The Balaban J connectivity index is 1.87. The van der Waals surface area contributed by atoms with E-state index < -0.39 is 33.2 Å². The lowest BCUT2D eigenvalue weighted by atomic mass is 9.92.